The van der Waals surface area contributed by atoms with Gasteiger partial charge in [0.2, 0.25) is 0 Å². The molecule has 0 radical (unpaired) electrons. The van der Waals surface area contributed by atoms with Gasteiger partial charge in [-0.3, -0.25) is 0 Å². The zero-order valence-electron chi connectivity index (χ0n) is 15.7. The fourth-order valence-electron chi connectivity index (χ4n) is 1.91. The van der Waals surface area contributed by atoms with Gasteiger partial charge in [0.1, 0.15) is 0 Å². The van der Waals surface area contributed by atoms with Gasteiger partial charge in [-0.05, 0) is 0 Å². The first-order valence-electron chi connectivity index (χ1n) is 7.66. The van der Waals surface area contributed by atoms with Crippen LogP contribution in [-0.2, 0) is 4.79 Å². The fraction of sp³-hybridized carbons (Fsp3) is 0.769. The van der Waals surface area contributed by atoms with Crippen molar-refractivity contribution in [2.24, 2.45) is 0 Å². The molecule has 0 unspecified atom stereocenters. The van der Waals surface area contributed by atoms with Crippen LogP contribution in [0.15, 0.2) is 11.9 Å². The van der Waals surface area contributed by atoms with Crippen LogP contribution in [0.25, 0.3) is 0 Å². The molecule has 0 aromatic heterocycles. The smallest absolute Gasteiger partial charge is 0.460 e. The van der Waals surface area contributed by atoms with Crippen LogP contribution in [0.3, 0.4) is 0 Å². The van der Waals surface area contributed by atoms with E-state index in [1.165, 1.54) is 0 Å². The van der Waals surface area contributed by atoms with Crippen molar-refractivity contribution < 1.29 is 106 Å². The molecule has 24 heteroatoms. The molecule has 0 spiro atoms. The molecule has 0 bridgehead atoms. The maximum Gasteiger partial charge on any atom is 0.460 e. The van der Waals surface area contributed by atoms with Gasteiger partial charge < -0.3 is 5.11 Å². The first-order valence-corrected chi connectivity index (χ1v) is 7.66. The van der Waals surface area contributed by atoms with E-state index in [1.54, 1.807) is 0 Å². The first kappa shape index (κ1) is 34.7. The lowest BCUT2D eigenvalue weighted by Gasteiger charge is -2.44. The maximum atomic E-state index is 13.4. The molecule has 1 N–H and O–H groups in total. The lowest BCUT2D eigenvalue weighted by molar-refractivity contribution is -0.473. The minimum Gasteiger partial charge on any atom is -0.478 e. The van der Waals surface area contributed by atoms with Crippen molar-refractivity contribution in [2.75, 3.05) is 0 Å². The summed E-state index contributed by atoms with van der Waals surface area (Å²) in [5, 5.41) is 7.86. The topological polar surface area (TPSA) is 37.3 Å². The van der Waals surface area contributed by atoms with Crippen molar-refractivity contribution >= 4 is 5.97 Å². The molecule has 0 atom stereocenters. The van der Waals surface area contributed by atoms with Crippen LogP contribution in [-0.4, -0.2) is 70.6 Å². The minimum absolute atomic E-state index is 1.82. The molecular formula is C13H2F22O2. The number of alkyl halides is 21. The summed E-state index contributed by atoms with van der Waals surface area (Å²) >= 11 is 0. The van der Waals surface area contributed by atoms with Crippen molar-refractivity contribution in [1.82, 2.24) is 0 Å². The summed E-state index contributed by atoms with van der Waals surface area (Å²) in [5.74, 6) is -87.5. The Morgan fingerprint density at radius 3 is 0.865 bits per heavy atom. The Morgan fingerprint density at radius 2 is 0.649 bits per heavy atom. The van der Waals surface area contributed by atoms with Crippen LogP contribution < -0.4 is 0 Å². The van der Waals surface area contributed by atoms with Gasteiger partial charge in [-0.25, -0.2) is 9.18 Å². The molecule has 0 saturated carbocycles. The molecule has 0 aliphatic heterocycles. The van der Waals surface area contributed by atoms with Crippen LogP contribution in [0.1, 0.15) is 0 Å². The van der Waals surface area contributed by atoms with Gasteiger partial charge in [0.25, 0.3) is 0 Å². The molecule has 0 aliphatic rings. The third-order valence-electron chi connectivity index (χ3n) is 4.06. The number of hydrogen-bond acceptors (Lipinski definition) is 1. The lowest BCUT2D eigenvalue weighted by Crippen LogP contribution is -2.76. The highest BCUT2D eigenvalue weighted by molar-refractivity contribution is 5.80. The summed E-state index contributed by atoms with van der Waals surface area (Å²) < 4.78 is 286. The van der Waals surface area contributed by atoms with Gasteiger partial charge in [-0.15, -0.1) is 0 Å². The molecule has 0 aliphatic carbocycles. The molecule has 0 rings (SSSR count). The maximum absolute atomic E-state index is 13.4. The average molecular weight is 608 g/mol. The Morgan fingerprint density at radius 1 is 0.432 bits per heavy atom. The number of carbonyl (C=O) groups is 1. The average Bonchev–Trinajstić information content (AvgIpc) is 2.65. The van der Waals surface area contributed by atoms with Crippen LogP contribution >= 0.6 is 0 Å². The quantitative estimate of drug-likeness (QED) is 0.211. The summed E-state index contributed by atoms with van der Waals surface area (Å²) in [7, 11) is 0. The summed E-state index contributed by atoms with van der Waals surface area (Å²) in [4.78, 5) is 9.93. The SMILES string of the molecule is O=C(O)C=C(F)C(F)(F)C(F)(F)C(F)(F)C(F)(F)C(F)(F)C(F)(F)C(F)(F)C(F)(F)C(F)(F)C(F)(F)F. The number of aliphatic carboxylic acids is 1. The monoisotopic (exact) mass is 608 g/mol. The molecular weight excluding hydrogens is 606 g/mol. The van der Waals surface area contributed by atoms with Crippen molar-refractivity contribution in [1.29, 1.82) is 0 Å². The Hall–Kier alpha value is -2.33. The van der Waals surface area contributed by atoms with E-state index in [0.29, 0.717) is 0 Å². The summed E-state index contributed by atoms with van der Waals surface area (Å²) in [6.45, 7) is 0. The zero-order valence-corrected chi connectivity index (χ0v) is 15.7. The second-order valence-corrected chi connectivity index (χ2v) is 6.50. The Kier molecular flexibility index (Phi) is 8.05. The number of allylic oxidation sites excluding steroid dienone is 1. The van der Waals surface area contributed by atoms with E-state index in [9.17, 15) is 101 Å². The summed E-state index contributed by atoms with van der Waals surface area (Å²) in [6.07, 6.45) is -9.90. The van der Waals surface area contributed by atoms with Gasteiger partial charge in [0.15, 0.2) is 5.83 Å². The van der Waals surface area contributed by atoms with Crippen LogP contribution in [0.2, 0.25) is 0 Å². The number of hydrogen-bond donors (Lipinski definition) is 1. The van der Waals surface area contributed by atoms with Gasteiger partial charge in [0, 0.05) is 0 Å². The van der Waals surface area contributed by atoms with Crippen LogP contribution in [0, 0.1) is 0 Å². The van der Waals surface area contributed by atoms with Crippen molar-refractivity contribution in [3.8, 4) is 0 Å². The highest BCUT2D eigenvalue weighted by atomic mass is 19.4. The van der Waals surface area contributed by atoms with E-state index < -0.39 is 77.4 Å². The number of rotatable bonds is 10. The van der Waals surface area contributed by atoms with Crippen LogP contribution in [0.5, 0.6) is 0 Å². The fourth-order valence-corrected chi connectivity index (χ4v) is 1.91. The van der Waals surface area contributed by atoms with Crippen molar-refractivity contribution in [3.05, 3.63) is 11.9 Å². The highest BCUT2D eigenvalue weighted by Gasteiger charge is 2.98. The van der Waals surface area contributed by atoms with Gasteiger partial charge in [-0.2, -0.15) is 92.2 Å². The Bertz CT molecular complexity index is 908. The van der Waals surface area contributed by atoms with Crippen molar-refractivity contribution in [3.63, 3.8) is 0 Å². The van der Waals surface area contributed by atoms with Gasteiger partial charge >= 0.3 is 65.4 Å². The second-order valence-electron chi connectivity index (χ2n) is 6.50. The van der Waals surface area contributed by atoms with E-state index in [0.717, 1.165) is 0 Å². The molecule has 0 heterocycles. The van der Waals surface area contributed by atoms with E-state index in [2.05, 4.69) is 0 Å². The predicted octanol–water partition coefficient (Wildman–Crippen LogP) is 7.20. The second kappa shape index (κ2) is 8.59. The molecule has 2 nitrogen and oxygen atoms in total. The first-order chi connectivity index (χ1) is 15.6. The summed E-state index contributed by atoms with van der Waals surface area (Å²) in [5.41, 5.74) is 0. The molecule has 0 aromatic rings. The molecule has 0 fully saturated rings. The number of carboxylic acids is 1. The predicted molar refractivity (Wildman–Crippen MR) is 67.4 cm³/mol. The molecule has 220 valence electrons. The Labute approximate surface area is 185 Å². The standard InChI is InChI=1S/C13H2F22O2/c14-2(1-3(36)37)4(15,16)5(17,18)6(19,20)7(21,22)8(23,24)9(25,26)10(27,28)11(29,30)12(31,32)13(33,34)35/h1H,(H,36,37). The largest absolute Gasteiger partial charge is 0.478 e. The van der Waals surface area contributed by atoms with Crippen molar-refractivity contribution in [2.45, 2.75) is 59.5 Å². The molecule has 0 amide bonds. The van der Waals surface area contributed by atoms with E-state index in [4.69, 9.17) is 5.11 Å². The third kappa shape index (κ3) is 4.30. The lowest BCUT2D eigenvalue weighted by atomic mass is 9.86. The highest BCUT2D eigenvalue weighted by Crippen LogP contribution is 2.66. The van der Waals surface area contributed by atoms with Gasteiger partial charge in [0.05, 0.1) is 6.08 Å². The number of halogens is 22. The molecule has 0 aromatic carbocycles. The Balaban J connectivity index is 7.19. The van der Waals surface area contributed by atoms with Crippen LogP contribution in [0.4, 0.5) is 96.6 Å². The molecule has 37 heavy (non-hydrogen) atoms. The van der Waals surface area contributed by atoms with Gasteiger partial charge in [-0.1, -0.05) is 0 Å². The van der Waals surface area contributed by atoms with E-state index >= 15 is 0 Å². The number of carboxylic acid groups (broad SMARTS) is 1. The minimum atomic E-state index is -9.36. The van der Waals surface area contributed by atoms with E-state index in [-0.39, 0.29) is 0 Å². The van der Waals surface area contributed by atoms with E-state index in [1.807, 2.05) is 0 Å². The zero-order chi connectivity index (χ0) is 30.9. The molecule has 0 saturated heterocycles. The summed E-state index contributed by atoms with van der Waals surface area (Å²) in [6, 6.07) is 0. The normalized spacial score (nSPS) is 16.8. The third-order valence-corrected chi connectivity index (χ3v) is 4.06.